The standard InChI is InChI=1S/C24H27ClN4O/c1-28(2)24(30)23-20-14-19(26-15-18-10-6-7-11-21(18)25)12-13-22(20)29(27-23)16-17-8-4-3-5-9-17/h3-11,19,26H,12-16H2,1-2H3. The molecular weight excluding hydrogens is 396 g/mol. The Kier molecular flexibility index (Phi) is 6.21. The molecule has 6 heteroatoms. The molecule has 1 aliphatic carbocycles. The molecule has 0 spiro atoms. The van der Waals surface area contributed by atoms with Crippen LogP contribution in [0.5, 0.6) is 0 Å². The highest BCUT2D eigenvalue weighted by molar-refractivity contribution is 6.31. The van der Waals surface area contributed by atoms with Gasteiger partial charge in [0, 0.05) is 43.0 Å². The number of nitrogens with zero attached hydrogens (tertiary/aromatic N) is 3. The molecule has 1 heterocycles. The predicted octanol–water partition coefficient (Wildman–Crippen LogP) is 3.93. The van der Waals surface area contributed by atoms with Crippen molar-refractivity contribution in [2.75, 3.05) is 14.1 Å². The average Bonchev–Trinajstić information content (AvgIpc) is 3.11. The van der Waals surface area contributed by atoms with Crippen molar-refractivity contribution in [2.45, 2.75) is 38.4 Å². The van der Waals surface area contributed by atoms with Crippen LogP contribution in [0, 0.1) is 0 Å². The third-order valence-electron chi connectivity index (χ3n) is 5.67. The van der Waals surface area contributed by atoms with E-state index >= 15 is 0 Å². The summed E-state index contributed by atoms with van der Waals surface area (Å²) in [5.74, 6) is -0.0372. The first kappa shape index (κ1) is 20.6. The first-order chi connectivity index (χ1) is 14.5. The van der Waals surface area contributed by atoms with E-state index in [-0.39, 0.29) is 11.9 Å². The number of carbonyl (C=O) groups excluding carboxylic acids is 1. The van der Waals surface area contributed by atoms with Gasteiger partial charge in [-0.1, -0.05) is 60.1 Å². The minimum absolute atomic E-state index is 0.0372. The van der Waals surface area contributed by atoms with Gasteiger partial charge >= 0.3 is 0 Å². The molecule has 1 aliphatic rings. The van der Waals surface area contributed by atoms with Crippen LogP contribution in [0.4, 0.5) is 0 Å². The summed E-state index contributed by atoms with van der Waals surface area (Å²) in [5.41, 5.74) is 5.11. The molecule has 156 valence electrons. The molecule has 5 nitrogen and oxygen atoms in total. The average molecular weight is 423 g/mol. The number of hydrogen-bond acceptors (Lipinski definition) is 3. The van der Waals surface area contributed by atoms with Crippen LogP contribution in [-0.4, -0.2) is 40.7 Å². The minimum Gasteiger partial charge on any atom is -0.343 e. The Bertz CT molecular complexity index is 1030. The van der Waals surface area contributed by atoms with Crippen LogP contribution in [0.1, 0.15) is 39.3 Å². The van der Waals surface area contributed by atoms with Gasteiger partial charge in [-0.15, -0.1) is 0 Å². The third kappa shape index (κ3) is 4.42. The van der Waals surface area contributed by atoms with Crippen LogP contribution < -0.4 is 5.32 Å². The fourth-order valence-corrected chi connectivity index (χ4v) is 4.23. The molecule has 0 saturated carbocycles. The fourth-order valence-electron chi connectivity index (χ4n) is 4.03. The first-order valence-corrected chi connectivity index (χ1v) is 10.7. The predicted molar refractivity (Wildman–Crippen MR) is 120 cm³/mol. The van der Waals surface area contributed by atoms with Crippen LogP contribution >= 0.6 is 11.6 Å². The van der Waals surface area contributed by atoms with Crippen molar-refractivity contribution >= 4 is 17.5 Å². The van der Waals surface area contributed by atoms with Crippen LogP contribution in [0.25, 0.3) is 0 Å². The van der Waals surface area contributed by atoms with E-state index in [1.54, 1.807) is 19.0 Å². The van der Waals surface area contributed by atoms with Crippen LogP contribution in [0.2, 0.25) is 5.02 Å². The molecule has 0 aliphatic heterocycles. The van der Waals surface area contributed by atoms with Crippen LogP contribution in [-0.2, 0) is 25.9 Å². The molecule has 1 aromatic heterocycles. The van der Waals surface area contributed by atoms with Gasteiger partial charge in [0.2, 0.25) is 0 Å². The van der Waals surface area contributed by atoms with E-state index in [9.17, 15) is 4.79 Å². The topological polar surface area (TPSA) is 50.2 Å². The molecule has 4 rings (SSSR count). The van der Waals surface area contributed by atoms with Gasteiger partial charge in [-0.05, 0) is 36.5 Å². The zero-order chi connectivity index (χ0) is 21.1. The number of rotatable bonds is 6. The summed E-state index contributed by atoms with van der Waals surface area (Å²) in [7, 11) is 3.56. The summed E-state index contributed by atoms with van der Waals surface area (Å²) >= 11 is 6.30. The van der Waals surface area contributed by atoms with Crippen LogP contribution in [0.15, 0.2) is 54.6 Å². The monoisotopic (exact) mass is 422 g/mol. The lowest BCUT2D eigenvalue weighted by Gasteiger charge is -2.25. The highest BCUT2D eigenvalue weighted by atomic mass is 35.5. The zero-order valence-corrected chi connectivity index (χ0v) is 18.2. The number of fused-ring (bicyclic) bond motifs is 1. The lowest BCUT2D eigenvalue weighted by atomic mass is 9.91. The normalized spacial score (nSPS) is 15.6. The maximum Gasteiger partial charge on any atom is 0.274 e. The molecule has 3 aromatic rings. The second-order valence-corrected chi connectivity index (χ2v) is 8.44. The van der Waals surface area contributed by atoms with E-state index in [4.69, 9.17) is 16.7 Å². The molecular formula is C24H27ClN4O. The SMILES string of the molecule is CN(C)C(=O)c1nn(Cc2ccccc2)c2c1CC(NCc1ccccc1Cl)CC2. The quantitative estimate of drug-likeness (QED) is 0.654. The molecule has 2 aromatic carbocycles. The van der Waals surface area contributed by atoms with Crippen molar-refractivity contribution in [3.8, 4) is 0 Å². The second-order valence-electron chi connectivity index (χ2n) is 8.03. The van der Waals surface area contributed by atoms with E-state index < -0.39 is 0 Å². The van der Waals surface area contributed by atoms with Crippen molar-refractivity contribution in [1.82, 2.24) is 20.0 Å². The lowest BCUT2D eigenvalue weighted by molar-refractivity contribution is 0.0820. The van der Waals surface area contributed by atoms with E-state index in [0.29, 0.717) is 12.2 Å². The Hall–Kier alpha value is -2.63. The summed E-state index contributed by atoms with van der Waals surface area (Å²) < 4.78 is 2.02. The molecule has 1 N–H and O–H groups in total. The summed E-state index contributed by atoms with van der Waals surface area (Å²) in [6.45, 7) is 1.40. The number of aromatic nitrogens is 2. The van der Waals surface area contributed by atoms with Gasteiger partial charge in [0.15, 0.2) is 5.69 Å². The van der Waals surface area contributed by atoms with E-state index in [1.165, 1.54) is 11.3 Å². The maximum atomic E-state index is 12.8. The Morgan fingerprint density at radius 3 is 2.63 bits per heavy atom. The van der Waals surface area contributed by atoms with Crippen molar-refractivity contribution in [1.29, 1.82) is 0 Å². The Labute approximate surface area is 182 Å². The highest BCUT2D eigenvalue weighted by Crippen LogP contribution is 2.27. The molecule has 30 heavy (non-hydrogen) atoms. The minimum atomic E-state index is -0.0372. The Morgan fingerprint density at radius 2 is 1.90 bits per heavy atom. The summed E-state index contributed by atoms with van der Waals surface area (Å²) in [4.78, 5) is 14.4. The van der Waals surface area contributed by atoms with Gasteiger partial charge in [0.1, 0.15) is 0 Å². The van der Waals surface area contributed by atoms with Crippen molar-refractivity contribution in [2.24, 2.45) is 0 Å². The summed E-state index contributed by atoms with van der Waals surface area (Å²) in [5, 5.41) is 9.16. The first-order valence-electron chi connectivity index (χ1n) is 10.3. The van der Waals surface area contributed by atoms with Gasteiger partial charge in [-0.3, -0.25) is 9.48 Å². The number of hydrogen-bond donors (Lipinski definition) is 1. The summed E-state index contributed by atoms with van der Waals surface area (Å²) in [6.07, 6.45) is 2.70. The van der Waals surface area contributed by atoms with E-state index in [2.05, 4.69) is 17.4 Å². The molecule has 1 unspecified atom stereocenters. The molecule has 0 fully saturated rings. The molecule has 0 bridgehead atoms. The third-order valence-corrected chi connectivity index (χ3v) is 6.04. The molecule has 1 atom stereocenters. The Balaban J connectivity index is 1.56. The van der Waals surface area contributed by atoms with E-state index in [1.807, 2.05) is 47.1 Å². The smallest absolute Gasteiger partial charge is 0.274 e. The van der Waals surface area contributed by atoms with Gasteiger partial charge in [0.25, 0.3) is 5.91 Å². The van der Waals surface area contributed by atoms with Gasteiger partial charge in [-0.2, -0.15) is 5.10 Å². The van der Waals surface area contributed by atoms with Crippen LogP contribution in [0.3, 0.4) is 0 Å². The lowest BCUT2D eigenvalue weighted by Crippen LogP contribution is -2.35. The van der Waals surface area contributed by atoms with Crippen molar-refractivity contribution in [3.63, 3.8) is 0 Å². The van der Waals surface area contributed by atoms with Gasteiger partial charge < -0.3 is 10.2 Å². The molecule has 1 amide bonds. The van der Waals surface area contributed by atoms with Crippen molar-refractivity contribution in [3.05, 3.63) is 87.7 Å². The van der Waals surface area contributed by atoms with Crippen molar-refractivity contribution < 1.29 is 4.79 Å². The van der Waals surface area contributed by atoms with Gasteiger partial charge in [0.05, 0.1) is 6.54 Å². The maximum absolute atomic E-state index is 12.8. The Morgan fingerprint density at radius 1 is 1.17 bits per heavy atom. The number of benzene rings is 2. The zero-order valence-electron chi connectivity index (χ0n) is 17.4. The fraction of sp³-hybridized carbons (Fsp3) is 0.333. The largest absolute Gasteiger partial charge is 0.343 e. The van der Waals surface area contributed by atoms with Gasteiger partial charge in [-0.25, -0.2) is 0 Å². The number of halogens is 1. The number of nitrogens with one attached hydrogen (secondary N) is 1. The summed E-state index contributed by atoms with van der Waals surface area (Å²) in [6, 6.07) is 18.5. The second kappa shape index (κ2) is 9.02. The molecule has 0 saturated heterocycles. The number of carbonyl (C=O) groups is 1. The highest BCUT2D eigenvalue weighted by Gasteiger charge is 2.29. The molecule has 0 radical (unpaired) electrons. The van der Waals surface area contributed by atoms with E-state index in [0.717, 1.165) is 42.0 Å². The number of amides is 1.